The number of benzene rings is 1. The molecule has 0 bridgehead atoms. The van der Waals surface area contributed by atoms with Crippen LogP contribution in [0.2, 0.25) is 0 Å². The molecule has 1 aliphatic rings. The first kappa shape index (κ1) is 14.3. The molecule has 6 nitrogen and oxygen atoms in total. The van der Waals surface area contributed by atoms with Gasteiger partial charge >= 0.3 is 5.97 Å². The van der Waals surface area contributed by atoms with E-state index in [4.69, 9.17) is 4.74 Å². The highest BCUT2D eigenvalue weighted by Gasteiger charge is 2.21. The van der Waals surface area contributed by atoms with E-state index in [1.807, 2.05) is 18.2 Å². The number of carbonyl (C=O) groups excluding carboxylic acids is 1. The van der Waals surface area contributed by atoms with Crippen LogP contribution in [0.5, 0.6) is 0 Å². The Balaban J connectivity index is 1.98. The standard InChI is InChI=1S/C16H18N4O2/c1-2-9-22-16(21)14-10-13(20-11-17-18-12-20)5-6-15(14)19-7-3-4-8-19/h2,5-6,10-12H,1,3-4,7-9H2. The van der Waals surface area contributed by atoms with Crippen molar-refractivity contribution in [2.24, 2.45) is 0 Å². The molecule has 0 N–H and O–H groups in total. The summed E-state index contributed by atoms with van der Waals surface area (Å²) in [5, 5.41) is 7.59. The molecule has 0 aliphatic carbocycles. The van der Waals surface area contributed by atoms with Gasteiger partial charge in [-0.3, -0.25) is 4.57 Å². The van der Waals surface area contributed by atoms with E-state index in [-0.39, 0.29) is 12.6 Å². The molecule has 1 aliphatic heterocycles. The maximum absolute atomic E-state index is 12.4. The van der Waals surface area contributed by atoms with Crippen LogP contribution in [-0.4, -0.2) is 40.4 Å². The Morgan fingerprint density at radius 3 is 2.68 bits per heavy atom. The molecule has 1 aromatic carbocycles. The van der Waals surface area contributed by atoms with Crippen LogP contribution >= 0.6 is 0 Å². The van der Waals surface area contributed by atoms with E-state index in [1.54, 1.807) is 23.3 Å². The summed E-state index contributed by atoms with van der Waals surface area (Å²) < 4.78 is 6.99. The molecule has 1 aromatic heterocycles. The average Bonchev–Trinajstić information content (AvgIpc) is 3.24. The van der Waals surface area contributed by atoms with Gasteiger partial charge in [-0.1, -0.05) is 12.7 Å². The lowest BCUT2D eigenvalue weighted by atomic mass is 10.1. The van der Waals surface area contributed by atoms with Gasteiger partial charge in [0.1, 0.15) is 19.3 Å². The number of rotatable bonds is 5. The fourth-order valence-corrected chi connectivity index (χ4v) is 2.63. The Hall–Kier alpha value is -2.63. The zero-order chi connectivity index (χ0) is 15.4. The number of carbonyl (C=O) groups is 1. The highest BCUT2D eigenvalue weighted by Crippen LogP contribution is 2.27. The number of anilines is 1. The Bertz CT molecular complexity index is 661. The van der Waals surface area contributed by atoms with Gasteiger partial charge in [0.25, 0.3) is 0 Å². The second-order valence-corrected chi connectivity index (χ2v) is 5.15. The molecule has 0 spiro atoms. The number of esters is 1. The topological polar surface area (TPSA) is 60.3 Å². The van der Waals surface area contributed by atoms with Crippen molar-refractivity contribution < 1.29 is 9.53 Å². The highest BCUT2D eigenvalue weighted by molar-refractivity contribution is 5.96. The van der Waals surface area contributed by atoms with E-state index in [0.717, 1.165) is 37.3 Å². The molecule has 0 unspecified atom stereocenters. The van der Waals surface area contributed by atoms with Crippen LogP contribution in [0.15, 0.2) is 43.5 Å². The van der Waals surface area contributed by atoms with Crippen LogP contribution in [0.1, 0.15) is 23.2 Å². The van der Waals surface area contributed by atoms with E-state index < -0.39 is 0 Å². The van der Waals surface area contributed by atoms with Crippen LogP contribution in [0.25, 0.3) is 5.69 Å². The number of nitrogens with zero attached hydrogens (tertiary/aromatic N) is 4. The number of aromatic nitrogens is 3. The monoisotopic (exact) mass is 298 g/mol. The van der Waals surface area contributed by atoms with Crippen molar-refractivity contribution in [2.75, 3.05) is 24.6 Å². The van der Waals surface area contributed by atoms with Gasteiger partial charge in [-0.2, -0.15) is 0 Å². The molecule has 0 radical (unpaired) electrons. The molecular formula is C16H18N4O2. The average molecular weight is 298 g/mol. The molecule has 22 heavy (non-hydrogen) atoms. The largest absolute Gasteiger partial charge is 0.458 e. The third-order valence-electron chi connectivity index (χ3n) is 3.70. The summed E-state index contributed by atoms with van der Waals surface area (Å²) in [5.41, 5.74) is 2.32. The second-order valence-electron chi connectivity index (χ2n) is 5.15. The molecule has 0 amide bonds. The van der Waals surface area contributed by atoms with Gasteiger partial charge < -0.3 is 9.64 Å². The van der Waals surface area contributed by atoms with Crippen molar-refractivity contribution in [3.8, 4) is 5.69 Å². The Labute approximate surface area is 129 Å². The maximum Gasteiger partial charge on any atom is 0.340 e. The van der Waals surface area contributed by atoms with Crippen molar-refractivity contribution in [1.29, 1.82) is 0 Å². The minimum Gasteiger partial charge on any atom is -0.458 e. The van der Waals surface area contributed by atoms with E-state index in [2.05, 4.69) is 21.7 Å². The van der Waals surface area contributed by atoms with Crippen molar-refractivity contribution in [3.05, 3.63) is 49.1 Å². The molecule has 1 saturated heterocycles. The van der Waals surface area contributed by atoms with Crippen molar-refractivity contribution in [2.45, 2.75) is 12.8 Å². The van der Waals surface area contributed by atoms with Gasteiger partial charge in [0.05, 0.1) is 11.3 Å². The molecule has 0 atom stereocenters. The summed E-state index contributed by atoms with van der Waals surface area (Å²) in [4.78, 5) is 14.6. The predicted molar refractivity (Wildman–Crippen MR) is 83.3 cm³/mol. The lowest BCUT2D eigenvalue weighted by molar-refractivity contribution is 0.0550. The van der Waals surface area contributed by atoms with Crippen LogP contribution in [0, 0.1) is 0 Å². The predicted octanol–water partition coefficient (Wildman–Crippen LogP) is 2.21. The zero-order valence-corrected chi connectivity index (χ0v) is 12.3. The zero-order valence-electron chi connectivity index (χ0n) is 12.3. The van der Waals surface area contributed by atoms with Gasteiger partial charge in [0.15, 0.2) is 0 Å². The number of ether oxygens (including phenoxy) is 1. The highest BCUT2D eigenvalue weighted by atomic mass is 16.5. The lowest BCUT2D eigenvalue weighted by Gasteiger charge is -2.21. The normalized spacial score (nSPS) is 14.1. The smallest absolute Gasteiger partial charge is 0.340 e. The summed E-state index contributed by atoms with van der Waals surface area (Å²) in [6, 6.07) is 5.74. The fraction of sp³-hybridized carbons (Fsp3) is 0.312. The van der Waals surface area contributed by atoms with E-state index in [1.165, 1.54) is 0 Å². The molecule has 114 valence electrons. The number of hydrogen-bond acceptors (Lipinski definition) is 5. The summed E-state index contributed by atoms with van der Waals surface area (Å²) in [6.45, 7) is 5.71. The third kappa shape index (κ3) is 2.86. The number of hydrogen-bond donors (Lipinski definition) is 0. The van der Waals surface area contributed by atoms with Crippen LogP contribution < -0.4 is 4.90 Å². The lowest BCUT2D eigenvalue weighted by Crippen LogP contribution is -2.21. The Morgan fingerprint density at radius 1 is 1.27 bits per heavy atom. The molecule has 2 aromatic rings. The van der Waals surface area contributed by atoms with Gasteiger partial charge in [-0.05, 0) is 31.0 Å². The van der Waals surface area contributed by atoms with E-state index >= 15 is 0 Å². The van der Waals surface area contributed by atoms with Gasteiger partial charge in [0, 0.05) is 18.8 Å². The third-order valence-corrected chi connectivity index (χ3v) is 3.70. The van der Waals surface area contributed by atoms with Crippen molar-refractivity contribution in [3.63, 3.8) is 0 Å². The fourth-order valence-electron chi connectivity index (χ4n) is 2.63. The summed E-state index contributed by atoms with van der Waals surface area (Å²) >= 11 is 0. The van der Waals surface area contributed by atoms with Crippen molar-refractivity contribution in [1.82, 2.24) is 14.8 Å². The maximum atomic E-state index is 12.4. The first-order valence-electron chi connectivity index (χ1n) is 7.31. The molecule has 1 fully saturated rings. The van der Waals surface area contributed by atoms with Crippen LogP contribution in [0.4, 0.5) is 5.69 Å². The van der Waals surface area contributed by atoms with Crippen molar-refractivity contribution >= 4 is 11.7 Å². The molecule has 6 heteroatoms. The first-order valence-corrected chi connectivity index (χ1v) is 7.31. The van der Waals surface area contributed by atoms with Gasteiger partial charge in [0.2, 0.25) is 0 Å². The van der Waals surface area contributed by atoms with Crippen LogP contribution in [0.3, 0.4) is 0 Å². The van der Waals surface area contributed by atoms with Gasteiger partial charge in [-0.15, -0.1) is 10.2 Å². The first-order chi connectivity index (χ1) is 10.8. The van der Waals surface area contributed by atoms with Gasteiger partial charge in [-0.25, -0.2) is 4.79 Å². The second kappa shape index (κ2) is 6.43. The van der Waals surface area contributed by atoms with Crippen LogP contribution in [-0.2, 0) is 4.74 Å². The Kier molecular flexibility index (Phi) is 4.18. The Morgan fingerprint density at radius 2 is 2.00 bits per heavy atom. The summed E-state index contributed by atoms with van der Waals surface area (Å²) in [6.07, 6.45) is 7.06. The summed E-state index contributed by atoms with van der Waals surface area (Å²) in [5.74, 6) is -0.336. The van der Waals surface area contributed by atoms with E-state index in [0.29, 0.717) is 5.56 Å². The minimum absolute atomic E-state index is 0.204. The SMILES string of the molecule is C=CCOC(=O)c1cc(-n2cnnc2)ccc1N1CCCC1. The quantitative estimate of drug-likeness (QED) is 0.625. The van der Waals surface area contributed by atoms with E-state index in [9.17, 15) is 4.79 Å². The molecule has 0 saturated carbocycles. The minimum atomic E-state index is -0.336. The molecule has 2 heterocycles. The molecular weight excluding hydrogens is 280 g/mol. The summed E-state index contributed by atoms with van der Waals surface area (Å²) in [7, 11) is 0. The molecule has 3 rings (SSSR count).